The number of aryl methyl sites for hydroxylation is 1. The van der Waals surface area contributed by atoms with Crippen LogP contribution in [0.15, 0.2) is 52.9 Å². The van der Waals surface area contributed by atoms with E-state index >= 15 is 0 Å². The molecule has 1 aromatic heterocycles. The Hall–Kier alpha value is -2.95. The lowest BCUT2D eigenvalue weighted by atomic mass is 10.1. The maximum Gasteiger partial charge on any atom is 0.253 e. The van der Waals surface area contributed by atoms with Gasteiger partial charge in [-0.3, -0.25) is 4.79 Å². The van der Waals surface area contributed by atoms with Gasteiger partial charge in [0.05, 0.1) is 0 Å². The molecule has 144 valence electrons. The van der Waals surface area contributed by atoms with Crippen LogP contribution in [0.4, 0.5) is 0 Å². The van der Waals surface area contributed by atoms with E-state index in [1.54, 1.807) is 0 Å². The predicted octanol–water partition coefficient (Wildman–Crippen LogP) is 5.12. The summed E-state index contributed by atoms with van der Waals surface area (Å²) >= 11 is 0. The monoisotopic (exact) mass is 375 g/mol. The summed E-state index contributed by atoms with van der Waals surface area (Å²) in [6.45, 7) is 3.73. The van der Waals surface area contributed by atoms with Crippen LogP contribution in [0.25, 0.3) is 22.9 Å². The van der Waals surface area contributed by atoms with Crippen molar-refractivity contribution in [2.75, 3.05) is 13.1 Å². The molecule has 2 aromatic carbocycles. The molecule has 0 spiro atoms. The molecule has 1 aliphatic heterocycles. The van der Waals surface area contributed by atoms with Gasteiger partial charge in [0, 0.05) is 29.8 Å². The van der Waals surface area contributed by atoms with Crippen molar-refractivity contribution < 1.29 is 9.21 Å². The van der Waals surface area contributed by atoms with E-state index in [2.05, 4.69) is 10.2 Å². The van der Waals surface area contributed by atoms with Gasteiger partial charge in [-0.2, -0.15) is 0 Å². The van der Waals surface area contributed by atoms with Crippen LogP contribution in [0.1, 0.15) is 48.0 Å². The summed E-state index contributed by atoms with van der Waals surface area (Å²) in [7, 11) is 0. The van der Waals surface area contributed by atoms with E-state index < -0.39 is 0 Å². The minimum Gasteiger partial charge on any atom is -0.416 e. The van der Waals surface area contributed by atoms with Gasteiger partial charge < -0.3 is 9.32 Å². The zero-order valence-electron chi connectivity index (χ0n) is 16.2. The van der Waals surface area contributed by atoms with E-state index in [9.17, 15) is 4.79 Å². The van der Waals surface area contributed by atoms with Crippen molar-refractivity contribution in [2.45, 2.75) is 39.0 Å². The molecule has 0 unspecified atom stereocenters. The topological polar surface area (TPSA) is 59.2 Å². The largest absolute Gasteiger partial charge is 0.416 e. The van der Waals surface area contributed by atoms with Crippen LogP contribution in [0, 0.1) is 6.92 Å². The molecular formula is C23H25N3O2. The second-order valence-corrected chi connectivity index (χ2v) is 7.42. The van der Waals surface area contributed by atoms with Crippen LogP contribution in [0.3, 0.4) is 0 Å². The summed E-state index contributed by atoms with van der Waals surface area (Å²) in [6.07, 6.45) is 5.89. The third-order valence-corrected chi connectivity index (χ3v) is 5.21. The number of rotatable bonds is 3. The van der Waals surface area contributed by atoms with Crippen molar-refractivity contribution in [3.05, 3.63) is 59.7 Å². The summed E-state index contributed by atoms with van der Waals surface area (Å²) in [5.41, 5.74) is 3.57. The van der Waals surface area contributed by atoms with E-state index in [1.807, 2.05) is 60.4 Å². The molecule has 1 amide bonds. The first-order valence-electron chi connectivity index (χ1n) is 10.0. The molecule has 5 nitrogen and oxygen atoms in total. The maximum atomic E-state index is 12.8. The van der Waals surface area contributed by atoms with Gasteiger partial charge >= 0.3 is 0 Å². The zero-order valence-corrected chi connectivity index (χ0v) is 16.2. The Kier molecular flexibility index (Phi) is 5.51. The van der Waals surface area contributed by atoms with Gasteiger partial charge in [-0.25, -0.2) is 0 Å². The molecule has 1 fully saturated rings. The van der Waals surface area contributed by atoms with Crippen molar-refractivity contribution in [1.82, 2.24) is 15.1 Å². The Labute approximate surface area is 165 Å². The van der Waals surface area contributed by atoms with E-state index in [4.69, 9.17) is 4.42 Å². The van der Waals surface area contributed by atoms with E-state index in [0.717, 1.165) is 42.6 Å². The molecule has 0 radical (unpaired) electrons. The average molecular weight is 375 g/mol. The smallest absolute Gasteiger partial charge is 0.253 e. The van der Waals surface area contributed by atoms with Gasteiger partial charge in [0.15, 0.2) is 0 Å². The Morgan fingerprint density at radius 3 is 2.18 bits per heavy atom. The lowest BCUT2D eigenvalue weighted by Gasteiger charge is -2.24. The minimum absolute atomic E-state index is 0.111. The van der Waals surface area contributed by atoms with E-state index in [0.29, 0.717) is 17.3 Å². The number of benzene rings is 2. The van der Waals surface area contributed by atoms with Crippen LogP contribution < -0.4 is 0 Å². The van der Waals surface area contributed by atoms with Gasteiger partial charge in [-0.05, 0) is 56.2 Å². The molecule has 0 bridgehead atoms. The number of carbonyl (C=O) groups excluding carboxylic acids is 1. The summed E-state index contributed by atoms with van der Waals surface area (Å²) in [4.78, 5) is 14.8. The second-order valence-electron chi connectivity index (χ2n) is 7.42. The molecule has 4 rings (SSSR count). The summed E-state index contributed by atoms with van der Waals surface area (Å²) < 4.78 is 5.84. The van der Waals surface area contributed by atoms with Gasteiger partial charge in [0.1, 0.15) is 0 Å². The number of amides is 1. The Bertz CT molecular complexity index is 938. The SMILES string of the molecule is Cc1cccc(-c2nnc(-c3ccc(C(=O)N4CCCCCCC4)cc3)o2)c1. The molecule has 3 aromatic rings. The number of carbonyl (C=O) groups is 1. The fourth-order valence-electron chi connectivity index (χ4n) is 3.62. The van der Waals surface area contributed by atoms with Crippen LogP contribution in [0.2, 0.25) is 0 Å². The first-order chi connectivity index (χ1) is 13.7. The summed E-state index contributed by atoms with van der Waals surface area (Å²) in [6, 6.07) is 15.4. The Morgan fingerprint density at radius 1 is 0.857 bits per heavy atom. The minimum atomic E-state index is 0.111. The zero-order chi connectivity index (χ0) is 19.3. The number of hydrogen-bond donors (Lipinski definition) is 0. The van der Waals surface area contributed by atoms with Gasteiger partial charge in [-0.1, -0.05) is 37.0 Å². The van der Waals surface area contributed by atoms with Crippen LogP contribution in [0.5, 0.6) is 0 Å². The molecule has 2 heterocycles. The molecule has 5 heteroatoms. The first-order valence-corrected chi connectivity index (χ1v) is 10.0. The molecule has 28 heavy (non-hydrogen) atoms. The maximum absolute atomic E-state index is 12.8. The normalized spacial score (nSPS) is 15.1. The van der Waals surface area contributed by atoms with Crippen molar-refractivity contribution >= 4 is 5.91 Å². The lowest BCUT2D eigenvalue weighted by Crippen LogP contribution is -2.33. The van der Waals surface area contributed by atoms with Crippen LogP contribution in [-0.2, 0) is 0 Å². The fourth-order valence-corrected chi connectivity index (χ4v) is 3.62. The first kappa shape index (κ1) is 18.4. The second kappa shape index (κ2) is 8.38. The van der Waals surface area contributed by atoms with Crippen molar-refractivity contribution in [3.63, 3.8) is 0 Å². The molecule has 0 aliphatic carbocycles. The highest BCUT2D eigenvalue weighted by Crippen LogP contribution is 2.25. The standard InChI is InChI=1S/C23H25N3O2/c1-17-8-7-9-20(16-17)22-25-24-21(28-22)18-10-12-19(13-11-18)23(27)26-14-5-3-2-4-6-15-26/h7-13,16H,2-6,14-15H2,1H3. The van der Waals surface area contributed by atoms with Crippen LogP contribution in [-0.4, -0.2) is 34.1 Å². The van der Waals surface area contributed by atoms with E-state index in [1.165, 1.54) is 19.3 Å². The van der Waals surface area contributed by atoms with E-state index in [-0.39, 0.29) is 5.91 Å². The molecule has 0 atom stereocenters. The highest BCUT2D eigenvalue weighted by Gasteiger charge is 2.17. The number of aromatic nitrogens is 2. The van der Waals surface area contributed by atoms with Gasteiger partial charge in [-0.15, -0.1) is 10.2 Å². The number of hydrogen-bond acceptors (Lipinski definition) is 4. The molecule has 1 aliphatic rings. The quantitative estimate of drug-likeness (QED) is 0.638. The third-order valence-electron chi connectivity index (χ3n) is 5.21. The van der Waals surface area contributed by atoms with Crippen molar-refractivity contribution in [2.24, 2.45) is 0 Å². The highest BCUT2D eigenvalue weighted by molar-refractivity contribution is 5.94. The molecule has 1 saturated heterocycles. The summed E-state index contributed by atoms with van der Waals surface area (Å²) in [5.74, 6) is 1.07. The third kappa shape index (κ3) is 4.14. The molecule has 0 saturated carbocycles. The summed E-state index contributed by atoms with van der Waals surface area (Å²) in [5, 5.41) is 8.33. The lowest BCUT2D eigenvalue weighted by molar-refractivity contribution is 0.0742. The van der Waals surface area contributed by atoms with Gasteiger partial charge in [0.2, 0.25) is 11.8 Å². The molecular weight excluding hydrogens is 350 g/mol. The molecule has 0 N–H and O–H groups in total. The average Bonchev–Trinajstić information content (AvgIpc) is 3.18. The number of nitrogens with zero attached hydrogens (tertiary/aromatic N) is 3. The van der Waals surface area contributed by atoms with Crippen molar-refractivity contribution in [1.29, 1.82) is 0 Å². The van der Waals surface area contributed by atoms with Crippen LogP contribution >= 0.6 is 0 Å². The fraction of sp³-hybridized carbons (Fsp3) is 0.348. The Balaban J connectivity index is 1.49. The number of likely N-dealkylation sites (tertiary alicyclic amines) is 1. The highest BCUT2D eigenvalue weighted by atomic mass is 16.4. The predicted molar refractivity (Wildman–Crippen MR) is 109 cm³/mol. The van der Waals surface area contributed by atoms with Gasteiger partial charge in [0.25, 0.3) is 5.91 Å². The van der Waals surface area contributed by atoms with Crippen molar-refractivity contribution in [3.8, 4) is 22.9 Å². The Morgan fingerprint density at radius 2 is 1.50 bits per heavy atom.